The molecule has 1 unspecified atom stereocenters. The number of nitrogens with two attached hydrogens (primary N) is 1. The summed E-state index contributed by atoms with van der Waals surface area (Å²) in [5, 5.41) is 23.2. The molecule has 1 aliphatic heterocycles. The first-order valence-corrected chi connectivity index (χ1v) is 11.7. The summed E-state index contributed by atoms with van der Waals surface area (Å²) in [5.41, 5.74) is 4.99. The number of nitrogens with one attached hydrogen (secondary N) is 1. The number of aromatic nitrogens is 3. The number of halogens is 2. The second kappa shape index (κ2) is 8.39. The Hall–Kier alpha value is -3.36. The van der Waals surface area contributed by atoms with Crippen LogP contribution in [0.25, 0.3) is 11.0 Å². The van der Waals surface area contributed by atoms with Crippen LogP contribution in [-0.2, 0) is 5.54 Å². The summed E-state index contributed by atoms with van der Waals surface area (Å²) in [6.45, 7) is 8.69. The Balaban J connectivity index is 1.83. The van der Waals surface area contributed by atoms with Gasteiger partial charge in [0.05, 0.1) is 27.0 Å². The first-order valence-electron chi connectivity index (χ1n) is 10.8. The third-order valence-corrected chi connectivity index (χ3v) is 8.56. The molecule has 3 aromatic rings. The molecular weight excluding hydrogens is 472 g/mol. The van der Waals surface area contributed by atoms with Gasteiger partial charge in [0.1, 0.15) is 17.9 Å². The topological polar surface area (TPSA) is 133 Å². The zero-order valence-electron chi connectivity index (χ0n) is 19.9. The number of rotatable bonds is 4. The van der Waals surface area contributed by atoms with Crippen LogP contribution in [-0.4, -0.2) is 35.6 Å². The maximum atomic E-state index is 15.3. The molecule has 1 aliphatic rings. The van der Waals surface area contributed by atoms with E-state index in [4.69, 9.17) is 11.0 Å². The number of amidine groups is 1. The molecule has 8 nitrogen and oxygen atoms in total. The van der Waals surface area contributed by atoms with Gasteiger partial charge in [0.25, 0.3) is 0 Å². The average molecular weight is 498 g/mol. The van der Waals surface area contributed by atoms with E-state index in [1.165, 1.54) is 30.4 Å². The van der Waals surface area contributed by atoms with Gasteiger partial charge in [-0.25, -0.2) is 23.7 Å². The van der Waals surface area contributed by atoms with Crippen LogP contribution < -0.4 is 11.1 Å². The monoisotopic (exact) mass is 497 g/mol. The molecule has 0 aliphatic carbocycles. The highest BCUT2D eigenvalue weighted by Crippen LogP contribution is 2.54. The number of benzene rings is 1. The Kier molecular flexibility index (Phi) is 5.93. The first-order chi connectivity index (χ1) is 16.3. The molecule has 4 N–H and O–H groups in total. The highest BCUT2D eigenvalue weighted by atomic mass is 32.2. The lowest BCUT2D eigenvalue weighted by Gasteiger charge is -2.52. The molecule has 0 saturated carbocycles. The number of nitrogens with zero attached hydrogens (tertiary/aromatic N) is 5. The van der Waals surface area contributed by atoms with Crippen molar-refractivity contribution in [1.82, 2.24) is 15.0 Å². The second-order valence-electron chi connectivity index (χ2n) is 9.46. The molecular formula is C24H25F2N7OS. The molecule has 11 heteroatoms. The fraction of sp³-hybridized carbons (Fsp3) is 0.375. The van der Waals surface area contributed by atoms with Gasteiger partial charge in [-0.15, -0.1) is 0 Å². The van der Waals surface area contributed by atoms with E-state index in [0.29, 0.717) is 16.6 Å². The zero-order chi connectivity index (χ0) is 25.8. The fourth-order valence-corrected chi connectivity index (χ4v) is 5.73. The molecule has 1 aromatic carbocycles. The van der Waals surface area contributed by atoms with E-state index in [2.05, 4.69) is 25.3 Å². The van der Waals surface area contributed by atoms with Crippen molar-refractivity contribution in [2.75, 3.05) is 5.32 Å². The van der Waals surface area contributed by atoms with Crippen LogP contribution in [0.2, 0.25) is 0 Å². The molecule has 2 aromatic heterocycles. The number of hydrogen-bond acceptors (Lipinski definition) is 9. The third-order valence-electron chi connectivity index (χ3n) is 6.98. The summed E-state index contributed by atoms with van der Waals surface area (Å²) < 4.78 is 29.3. The van der Waals surface area contributed by atoms with Crippen LogP contribution in [0.15, 0.2) is 35.7 Å². The first kappa shape index (κ1) is 24.8. The molecule has 0 spiro atoms. The van der Waals surface area contributed by atoms with E-state index in [1.807, 2.05) is 19.9 Å². The van der Waals surface area contributed by atoms with Gasteiger partial charge < -0.3 is 16.2 Å². The number of aliphatic hydroxyl groups is 1. The number of fused-ring (bicyclic) bond motifs is 1. The van der Waals surface area contributed by atoms with Gasteiger partial charge in [-0.05, 0) is 39.8 Å². The van der Waals surface area contributed by atoms with Gasteiger partial charge >= 0.3 is 0 Å². The molecule has 0 saturated heterocycles. The van der Waals surface area contributed by atoms with Crippen molar-refractivity contribution in [3.63, 3.8) is 0 Å². The van der Waals surface area contributed by atoms with Gasteiger partial charge in [-0.3, -0.25) is 4.99 Å². The lowest BCUT2D eigenvalue weighted by atomic mass is 9.69. The molecule has 0 amide bonds. The van der Waals surface area contributed by atoms with Gasteiger partial charge in [0.15, 0.2) is 22.6 Å². The normalized spacial score (nSPS) is 24.7. The van der Waals surface area contributed by atoms with Crippen molar-refractivity contribution in [3.05, 3.63) is 53.5 Å². The number of thioether (sulfide) groups is 1. The number of nitriles is 1. The molecule has 0 fully saturated rings. The predicted molar refractivity (Wildman–Crippen MR) is 132 cm³/mol. The zero-order valence-corrected chi connectivity index (χ0v) is 20.7. The predicted octanol–water partition coefficient (Wildman–Crippen LogP) is 4.36. The summed E-state index contributed by atoms with van der Waals surface area (Å²) in [4.78, 5) is 17.1. The molecule has 0 radical (unpaired) electrons. The van der Waals surface area contributed by atoms with Crippen LogP contribution in [0.1, 0.15) is 45.7 Å². The Morgan fingerprint density at radius 3 is 2.57 bits per heavy atom. The third kappa shape index (κ3) is 4.06. The quantitative estimate of drug-likeness (QED) is 0.484. The van der Waals surface area contributed by atoms with Gasteiger partial charge in [-0.2, -0.15) is 5.26 Å². The van der Waals surface area contributed by atoms with Gasteiger partial charge in [-0.1, -0.05) is 18.7 Å². The Morgan fingerprint density at radius 1 is 1.20 bits per heavy atom. The van der Waals surface area contributed by atoms with Crippen molar-refractivity contribution in [2.24, 2.45) is 16.6 Å². The number of pyridine rings is 1. The van der Waals surface area contributed by atoms with Gasteiger partial charge in [0, 0.05) is 29.4 Å². The summed E-state index contributed by atoms with van der Waals surface area (Å²) in [6.07, 6.45) is 2.67. The van der Waals surface area contributed by atoms with Crippen molar-refractivity contribution < 1.29 is 13.9 Å². The summed E-state index contributed by atoms with van der Waals surface area (Å²) in [5.74, 6) is -2.30. The van der Waals surface area contributed by atoms with Crippen LogP contribution in [0, 0.1) is 28.9 Å². The van der Waals surface area contributed by atoms with Crippen molar-refractivity contribution in [1.29, 1.82) is 5.26 Å². The summed E-state index contributed by atoms with van der Waals surface area (Å²) in [6, 6.07) is 6.04. The Labute approximate surface area is 205 Å². The van der Waals surface area contributed by atoms with Crippen LogP contribution in [0.4, 0.5) is 20.3 Å². The highest BCUT2D eigenvalue weighted by Gasteiger charge is 2.56. The van der Waals surface area contributed by atoms with Crippen molar-refractivity contribution >= 4 is 39.5 Å². The van der Waals surface area contributed by atoms with E-state index >= 15 is 4.39 Å². The molecule has 35 heavy (non-hydrogen) atoms. The fourth-order valence-electron chi connectivity index (χ4n) is 4.40. The molecule has 4 rings (SSSR count). The minimum absolute atomic E-state index is 0.00990. The highest BCUT2D eigenvalue weighted by molar-refractivity contribution is 8.15. The lowest BCUT2D eigenvalue weighted by molar-refractivity contribution is 0.00598. The van der Waals surface area contributed by atoms with Crippen LogP contribution in [0.3, 0.4) is 0 Å². The van der Waals surface area contributed by atoms with Crippen LogP contribution in [0.5, 0.6) is 0 Å². The smallest absolute Gasteiger partial charge is 0.164 e. The number of anilines is 2. The minimum atomic E-state index is -1.28. The van der Waals surface area contributed by atoms with E-state index in [9.17, 15) is 9.50 Å². The average Bonchev–Trinajstić information content (AvgIpc) is 2.78. The number of hydrogen-bond donors (Lipinski definition) is 3. The lowest BCUT2D eigenvalue weighted by Crippen LogP contribution is -2.58. The maximum Gasteiger partial charge on any atom is 0.164 e. The molecule has 0 bridgehead atoms. The Bertz CT molecular complexity index is 1400. The molecule has 3 atom stereocenters. The number of aliphatic imine (C=N–C) groups is 1. The SMILES string of the molecule is CC1[C@@](C)(C(C)(C)O)SC(N)=N[C@]1(C)c1cc(Nc2ncnc3cc(C#N)cnc23)cc(F)c1F. The van der Waals surface area contributed by atoms with E-state index in [1.54, 1.807) is 26.8 Å². The van der Waals surface area contributed by atoms with E-state index in [0.717, 1.165) is 6.07 Å². The van der Waals surface area contributed by atoms with E-state index < -0.39 is 33.4 Å². The maximum absolute atomic E-state index is 15.3. The van der Waals surface area contributed by atoms with Crippen molar-refractivity contribution in [2.45, 2.75) is 50.5 Å². The van der Waals surface area contributed by atoms with Gasteiger partial charge in [0.2, 0.25) is 0 Å². The second-order valence-corrected chi connectivity index (χ2v) is 10.9. The molecule has 3 heterocycles. The minimum Gasteiger partial charge on any atom is -0.389 e. The molecule has 182 valence electrons. The van der Waals surface area contributed by atoms with Crippen molar-refractivity contribution in [3.8, 4) is 6.07 Å². The largest absolute Gasteiger partial charge is 0.389 e. The summed E-state index contributed by atoms with van der Waals surface area (Å²) in [7, 11) is 0. The van der Waals surface area contributed by atoms with E-state index in [-0.39, 0.29) is 22.2 Å². The summed E-state index contributed by atoms with van der Waals surface area (Å²) >= 11 is 1.22. The van der Waals surface area contributed by atoms with Crippen LogP contribution >= 0.6 is 11.8 Å². The Morgan fingerprint density at radius 2 is 1.91 bits per heavy atom. The standard InChI is InChI=1S/C24H25F2N7OS/c1-12-23(4,33-21(28)35-24(12,5)22(2,3)34)15-7-14(8-16(25)18(15)26)32-20-19-17(30-11-31-20)6-13(9-27)10-29-19/h6-8,10-12,34H,1-5H3,(H2,28,33)(H,30,31,32)/t12?,23-,24-/m0/s1.